The van der Waals surface area contributed by atoms with Crippen LogP contribution in [0.5, 0.6) is 0 Å². The fourth-order valence-corrected chi connectivity index (χ4v) is 6.65. The standard InChI is InChI=1S/C15H21OP.C8H12.Rh/c1-10(2)17(11(3)4)15-13-8-6-5-7-12(13)9-14(15)16;1-2-4-6-8-7-5-3-1;/h5-8,10-11,16H,9H2,1-4H3;1-2,7-8H,3-6H2;/p-1. The number of benzene rings is 1. The van der Waals surface area contributed by atoms with Crippen LogP contribution in [0.2, 0.25) is 0 Å². The molecule has 0 spiro atoms. The zero-order valence-corrected chi connectivity index (χ0v) is 19.0. The molecule has 1 aromatic carbocycles. The maximum absolute atomic E-state index is 12.3. The van der Waals surface area contributed by atoms with E-state index in [4.69, 9.17) is 0 Å². The van der Waals surface area contributed by atoms with Crippen LogP contribution in [0.25, 0.3) is 5.31 Å². The predicted molar refractivity (Wildman–Crippen MR) is 110 cm³/mol. The summed E-state index contributed by atoms with van der Waals surface area (Å²) in [7, 11) is -0.339. The molecule has 3 rings (SSSR count). The van der Waals surface area contributed by atoms with E-state index in [1.807, 2.05) is 12.1 Å². The monoisotopic (exact) mass is 458 g/mol. The van der Waals surface area contributed by atoms with Gasteiger partial charge in [-0.2, -0.15) is 0 Å². The average molecular weight is 458 g/mol. The summed E-state index contributed by atoms with van der Waals surface area (Å²) in [5.41, 5.74) is 3.61. The molecule has 0 atom stereocenters. The first-order valence-electron chi connectivity index (χ1n) is 9.59. The third kappa shape index (κ3) is 6.76. The van der Waals surface area contributed by atoms with Crippen LogP contribution in [0.15, 0.2) is 30.0 Å². The molecular formula is C23H32OPRh-. The van der Waals surface area contributed by atoms with Crippen LogP contribution < -0.4 is 5.11 Å². The Hall–Kier alpha value is -0.187. The molecule has 3 heteroatoms. The second-order valence-corrected chi connectivity index (χ2v) is 10.6. The SMILES string of the molecule is CC(C)P(C1=C([O-])Cc2ccccc21)C(C)C.[CH]1[CH]CC[CH][CH]CC1.[Rh]. The first kappa shape index (κ1) is 23.9. The van der Waals surface area contributed by atoms with Gasteiger partial charge in [0.25, 0.3) is 0 Å². The molecule has 0 amide bonds. The maximum Gasteiger partial charge on any atom is 0 e. The van der Waals surface area contributed by atoms with Crippen molar-refractivity contribution in [1.29, 1.82) is 0 Å². The molecule has 2 aliphatic rings. The molecule has 5 radical (unpaired) electrons. The summed E-state index contributed by atoms with van der Waals surface area (Å²) in [6.07, 6.45) is 14.6. The molecule has 26 heavy (non-hydrogen) atoms. The Kier molecular flexibility index (Phi) is 11.3. The summed E-state index contributed by atoms with van der Waals surface area (Å²) < 4.78 is 0. The van der Waals surface area contributed by atoms with Crippen LogP contribution in [-0.4, -0.2) is 11.3 Å². The summed E-state index contributed by atoms with van der Waals surface area (Å²) in [4.78, 5) is 0. The molecule has 2 aliphatic carbocycles. The fourth-order valence-electron chi connectivity index (χ4n) is 3.56. The van der Waals surface area contributed by atoms with Crippen LogP contribution in [0.1, 0.15) is 64.5 Å². The number of hydrogen-bond donors (Lipinski definition) is 0. The topological polar surface area (TPSA) is 23.1 Å². The maximum atomic E-state index is 12.3. The van der Waals surface area contributed by atoms with Gasteiger partial charge in [-0.3, -0.25) is 0 Å². The van der Waals surface area contributed by atoms with Crippen molar-refractivity contribution < 1.29 is 24.6 Å². The first-order valence-corrected chi connectivity index (χ1v) is 11.1. The van der Waals surface area contributed by atoms with Crippen LogP contribution in [0, 0.1) is 25.7 Å². The predicted octanol–water partition coefficient (Wildman–Crippen LogP) is 5.95. The van der Waals surface area contributed by atoms with Gasteiger partial charge in [0.2, 0.25) is 0 Å². The molecule has 0 heterocycles. The molecule has 1 nitrogen and oxygen atoms in total. The van der Waals surface area contributed by atoms with Crippen LogP contribution >= 0.6 is 7.92 Å². The molecule has 0 unspecified atom stereocenters. The molecule has 1 saturated carbocycles. The Morgan fingerprint density at radius 2 is 1.27 bits per heavy atom. The van der Waals surface area contributed by atoms with Crippen molar-refractivity contribution in [3.05, 3.63) is 66.8 Å². The van der Waals surface area contributed by atoms with E-state index in [-0.39, 0.29) is 27.4 Å². The third-order valence-electron chi connectivity index (χ3n) is 4.59. The summed E-state index contributed by atoms with van der Waals surface area (Å²) in [6.45, 7) is 8.97. The summed E-state index contributed by atoms with van der Waals surface area (Å²) in [6, 6.07) is 8.29. The minimum absolute atomic E-state index is 0. The number of allylic oxidation sites excluding steroid dienone is 1. The number of hydrogen-bond acceptors (Lipinski definition) is 1. The summed E-state index contributed by atoms with van der Waals surface area (Å²) in [5.74, 6) is 0.361. The number of fused-ring (bicyclic) bond motifs is 1. The van der Waals surface area contributed by atoms with E-state index < -0.39 is 0 Å². The van der Waals surface area contributed by atoms with Crippen molar-refractivity contribution in [3.63, 3.8) is 0 Å². The Balaban J connectivity index is 0.000000318. The smallest absolute Gasteiger partial charge is 0 e. The molecular weight excluding hydrogens is 426 g/mol. The third-order valence-corrected chi connectivity index (χ3v) is 7.82. The summed E-state index contributed by atoms with van der Waals surface area (Å²) in [5, 5.41) is 13.4. The minimum Gasteiger partial charge on any atom is -0.875 e. The second kappa shape index (κ2) is 12.3. The number of rotatable bonds is 3. The van der Waals surface area contributed by atoms with Gasteiger partial charge in [-0.25, -0.2) is 0 Å². The van der Waals surface area contributed by atoms with Crippen LogP contribution in [0.3, 0.4) is 0 Å². The summed E-state index contributed by atoms with van der Waals surface area (Å²) >= 11 is 0. The average Bonchev–Trinajstić information content (AvgIpc) is 2.83. The van der Waals surface area contributed by atoms with Gasteiger partial charge < -0.3 is 5.11 Å². The van der Waals surface area contributed by atoms with E-state index >= 15 is 0 Å². The first-order chi connectivity index (χ1) is 12.0. The Bertz CT molecular complexity index is 533. The van der Waals surface area contributed by atoms with Gasteiger partial charge in [0, 0.05) is 19.5 Å². The van der Waals surface area contributed by atoms with Gasteiger partial charge in [-0.05, 0) is 85.5 Å². The van der Waals surface area contributed by atoms with E-state index in [9.17, 15) is 5.11 Å². The van der Waals surface area contributed by atoms with Gasteiger partial charge in [0.05, 0.1) is 0 Å². The van der Waals surface area contributed by atoms with Crippen molar-refractivity contribution in [2.24, 2.45) is 0 Å². The minimum atomic E-state index is -0.339. The fraction of sp³-hybridized carbons (Fsp3) is 0.478. The van der Waals surface area contributed by atoms with Crippen molar-refractivity contribution >= 4 is 13.2 Å². The van der Waals surface area contributed by atoms with Gasteiger partial charge in [0.1, 0.15) is 0 Å². The van der Waals surface area contributed by atoms with E-state index in [0.29, 0.717) is 23.5 Å². The molecule has 0 N–H and O–H groups in total. The molecule has 0 saturated heterocycles. The van der Waals surface area contributed by atoms with E-state index in [0.717, 1.165) is 5.31 Å². The van der Waals surface area contributed by atoms with E-state index in [1.165, 1.54) is 36.8 Å². The quantitative estimate of drug-likeness (QED) is 0.406. The van der Waals surface area contributed by atoms with Crippen molar-refractivity contribution in [3.8, 4) is 0 Å². The van der Waals surface area contributed by atoms with Crippen molar-refractivity contribution in [2.45, 2.75) is 71.1 Å². The second-order valence-electron chi connectivity index (χ2n) is 7.30. The van der Waals surface area contributed by atoms with Crippen LogP contribution in [0.4, 0.5) is 0 Å². The molecule has 0 bridgehead atoms. The largest absolute Gasteiger partial charge is 0.875 e. The Morgan fingerprint density at radius 3 is 1.73 bits per heavy atom. The van der Waals surface area contributed by atoms with E-state index in [2.05, 4.69) is 65.5 Å². The Labute approximate surface area is 175 Å². The molecule has 1 fully saturated rings. The Morgan fingerprint density at radius 1 is 0.808 bits per heavy atom. The van der Waals surface area contributed by atoms with Crippen molar-refractivity contribution in [1.82, 2.24) is 0 Å². The van der Waals surface area contributed by atoms with Crippen molar-refractivity contribution in [2.75, 3.05) is 0 Å². The van der Waals surface area contributed by atoms with Gasteiger partial charge >= 0.3 is 0 Å². The normalized spacial score (nSPS) is 17.3. The van der Waals surface area contributed by atoms with E-state index in [1.54, 1.807) is 0 Å². The van der Waals surface area contributed by atoms with Gasteiger partial charge in [-0.1, -0.05) is 59.9 Å². The molecule has 145 valence electrons. The molecule has 0 aliphatic heterocycles. The zero-order valence-electron chi connectivity index (χ0n) is 16.5. The van der Waals surface area contributed by atoms with Gasteiger partial charge in [-0.15, -0.1) is 5.76 Å². The molecule has 0 aromatic heterocycles. The molecule has 1 aromatic rings. The van der Waals surface area contributed by atoms with Crippen LogP contribution in [-0.2, 0) is 25.9 Å². The zero-order chi connectivity index (χ0) is 18.2. The van der Waals surface area contributed by atoms with Gasteiger partial charge in [0.15, 0.2) is 0 Å².